The molecule has 0 radical (unpaired) electrons. The van der Waals surface area contributed by atoms with Crippen LogP contribution < -0.4 is 32.7 Å². The molecule has 0 heterocycles. The summed E-state index contributed by atoms with van der Waals surface area (Å²) in [7, 11) is 0. The number of rotatable bonds is 14. The van der Waals surface area contributed by atoms with Gasteiger partial charge in [0.05, 0.1) is 19.1 Å². The minimum absolute atomic E-state index is 0.0721. The SMILES string of the molecule is NC(=O)[C@H](Cc1ccccc1)NC(=O)[C@H](CS)NC(=O)CNC(=O)CNC(=O)[C@@H](N)Cc1ccc(O)cc1. The van der Waals surface area contributed by atoms with E-state index in [1.165, 1.54) is 12.1 Å². The van der Waals surface area contributed by atoms with Crippen LogP contribution in [0.3, 0.4) is 0 Å². The second kappa shape index (κ2) is 15.2. The van der Waals surface area contributed by atoms with Crippen LogP contribution in [0.25, 0.3) is 0 Å². The van der Waals surface area contributed by atoms with Crippen molar-refractivity contribution in [2.45, 2.75) is 31.0 Å². The minimum atomic E-state index is -1.09. The molecule has 5 amide bonds. The molecule has 2 aromatic rings. The van der Waals surface area contributed by atoms with E-state index in [9.17, 15) is 29.1 Å². The molecule has 0 aliphatic rings. The molecule has 13 heteroatoms. The molecule has 0 fully saturated rings. The number of phenols is 1. The molecule has 0 spiro atoms. The monoisotopic (exact) mass is 544 g/mol. The van der Waals surface area contributed by atoms with Crippen LogP contribution in [0.4, 0.5) is 0 Å². The lowest BCUT2D eigenvalue weighted by Gasteiger charge is -2.21. The predicted molar refractivity (Wildman–Crippen MR) is 143 cm³/mol. The van der Waals surface area contributed by atoms with Crippen LogP contribution >= 0.6 is 12.6 Å². The number of primary amides is 1. The van der Waals surface area contributed by atoms with Crippen LogP contribution in [0.5, 0.6) is 5.75 Å². The number of carbonyl (C=O) groups excluding carboxylic acids is 5. The van der Waals surface area contributed by atoms with Crippen molar-refractivity contribution in [3.05, 3.63) is 65.7 Å². The van der Waals surface area contributed by atoms with Crippen LogP contribution in [-0.4, -0.2) is 71.6 Å². The van der Waals surface area contributed by atoms with Gasteiger partial charge in [-0.15, -0.1) is 0 Å². The minimum Gasteiger partial charge on any atom is -0.508 e. The molecule has 0 saturated heterocycles. The van der Waals surface area contributed by atoms with E-state index in [1.807, 2.05) is 6.07 Å². The van der Waals surface area contributed by atoms with Crippen LogP contribution in [-0.2, 0) is 36.8 Å². The van der Waals surface area contributed by atoms with Gasteiger partial charge in [0.15, 0.2) is 0 Å². The Hall–Kier alpha value is -4.10. The summed E-state index contributed by atoms with van der Waals surface area (Å²) < 4.78 is 0. The summed E-state index contributed by atoms with van der Waals surface area (Å²) in [5.74, 6) is -3.26. The Morgan fingerprint density at radius 1 is 0.763 bits per heavy atom. The Morgan fingerprint density at radius 3 is 1.97 bits per heavy atom. The molecule has 9 N–H and O–H groups in total. The van der Waals surface area contributed by atoms with Gasteiger partial charge < -0.3 is 37.8 Å². The Bertz CT molecular complexity index is 1120. The molecular formula is C25H32N6O6S. The number of benzene rings is 2. The standard InChI is InChI=1S/C25H32N6O6S/c26-18(10-16-6-8-17(32)9-7-16)24(36)29-12-21(33)28-13-22(34)30-20(14-38)25(37)31-19(23(27)35)11-15-4-2-1-3-5-15/h1-9,18-20,32,38H,10-14,26H2,(H2,27,35)(H,28,33)(H,29,36)(H,30,34)(H,31,37)/t18-,19-,20-/m0/s1. The molecule has 0 aliphatic heterocycles. The summed E-state index contributed by atoms with van der Waals surface area (Å²) >= 11 is 4.08. The summed E-state index contributed by atoms with van der Waals surface area (Å²) in [4.78, 5) is 60.8. The fourth-order valence-corrected chi connectivity index (χ4v) is 3.56. The van der Waals surface area contributed by atoms with Crippen LogP contribution in [0, 0.1) is 0 Å². The molecule has 38 heavy (non-hydrogen) atoms. The maximum atomic E-state index is 12.6. The normalized spacial score (nSPS) is 12.9. The Labute approximate surface area is 225 Å². The number of hydrogen-bond donors (Lipinski definition) is 8. The van der Waals surface area contributed by atoms with Gasteiger partial charge in [-0.3, -0.25) is 24.0 Å². The largest absolute Gasteiger partial charge is 0.508 e. The van der Waals surface area contributed by atoms with E-state index in [2.05, 4.69) is 33.9 Å². The van der Waals surface area contributed by atoms with Crippen molar-refractivity contribution in [1.82, 2.24) is 21.3 Å². The van der Waals surface area contributed by atoms with E-state index in [0.29, 0.717) is 0 Å². The molecule has 0 saturated carbocycles. The summed E-state index contributed by atoms with van der Waals surface area (Å²) in [6.45, 7) is -0.874. The highest BCUT2D eigenvalue weighted by atomic mass is 32.1. The fourth-order valence-electron chi connectivity index (χ4n) is 3.30. The lowest BCUT2D eigenvalue weighted by Crippen LogP contribution is -2.55. The highest BCUT2D eigenvalue weighted by molar-refractivity contribution is 7.80. The topological polar surface area (TPSA) is 206 Å². The molecule has 0 unspecified atom stereocenters. The molecule has 12 nitrogen and oxygen atoms in total. The zero-order valence-corrected chi connectivity index (χ0v) is 21.4. The highest BCUT2D eigenvalue weighted by Gasteiger charge is 2.25. The van der Waals surface area contributed by atoms with E-state index in [4.69, 9.17) is 11.5 Å². The van der Waals surface area contributed by atoms with E-state index in [-0.39, 0.29) is 24.3 Å². The molecular weight excluding hydrogens is 512 g/mol. The number of phenolic OH excluding ortho intramolecular Hbond substituents is 1. The maximum absolute atomic E-state index is 12.6. The van der Waals surface area contributed by atoms with Gasteiger partial charge in [-0.1, -0.05) is 42.5 Å². The lowest BCUT2D eigenvalue weighted by atomic mass is 10.1. The smallest absolute Gasteiger partial charge is 0.244 e. The number of amides is 5. The fraction of sp³-hybridized carbons (Fsp3) is 0.320. The van der Waals surface area contributed by atoms with Gasteiger partial charge in [0.25, 0.3) is 0 Å². The summed E-state index contributed by atoms with van der Waals surface area (Å²) in [6, 6.07) is 12.2. The quantitative estimate of drug-likeness (QED) is 0.127. The number of nitrogens with two attached hydrogens (primary N) is 2. The highest BCUT2D eigenvalue weighted by Crippen LogP contribution is 2.10. The van der Waals surface area contributed by atoms with Gasteiger partial charge in [0.1, 0.15) is 17.8 Å². The van der Waals surface area contributed by atoms with Crippen molar-refractivity contribution >= 4 is 42.2 Å². The molecule has 0 aromatic heterocycles. The average Bonchev–Trinajstić information content (AvgIpc) is 2.90. The Morgan fingerprint density at radius 2 is 1.37 bits per heavy atom. The Kier molecular flexibility index (Phi) is 12.1. The first kappa shape index (κ1) is 30.1. The number of carbonyl (C=O) groups is 5. The van der Waals surface area contributed by atoms with Gasteiger partial charge in [0, 0.05) is 12.2 Å². The third kappa shape index (κ3) is 10.5. The van der Waals surface area contributed by atoms with E-state index in [1.54, 1.807) is 36.4 Å². The number of aromatic hydroxyl groups is 1. The van der Waals surface area contributed by atoms with E-state index in [0.717, 1.165) is 11.1 Å². The third-order valence-electron chi connectivity index (χ3n) is 5.37. The van der Waals surface area contributed by atoms with Crippen molar-refractivity contribution in [3.63, 3.8) is 0 Å². The van der Waals surface area contributed by atoms with Crippen molar-refractivity contribution in [2.75, 3.05) is 18.8 Å². The predicted octanol–water partition coefficient (Wildman–Crippen LogP) is -1.88. The van der Waals surface area contributed by atoms with Crippen molar-refractivity contribution in [2.24, 2.45) is 11.5 Å². The van der Waals surface area contributed by atoms with Gasteiger partial charge in [-0.05, 0) is 29.7 Å². The van der Waals surface area contributed by atoms with Gasteiger partial charge in [-0.2, -0.15) is 12.6 Å². The summed E-state index contributed by atoms with van der Waals surface area (Å²) in [5, 5.41) is 19.0. The lowest BCUT2D eigenvalue weighted by molar-refractivity contribution is -0.131. The van der Waals surface area contributed by atoms with Crippen molar-refractivity contribution in [3.8, 4) is 5.75 Å². The summed E-state index contributed by atoms with van der Waals surface area (Å²) in [5.41, 5.74) is 12.8. The zero-order chi connectivity index (χ0) is 28.1. The van der Waals surface area contributed by atoms with Crippen molar-refractivity contribution in [1.29, 1.82) is 0 Å². The average molecular weight is 545 g/mol. The van der Waals surface area contributed by atoms with Gasteiger partial charge in [-0.25, -0.2) is 0 Å². The third-order valence-corrected chi connectivity index (χ3v) is 5.74. The molecule has 2 rings (SSSR count). The molecule has 0 bridgehead atoms. The second-order valence-corrected chi connectivity index (χ2v) is 8.79. The first-order chi connectivity index (χ1) is 18.1. The maximum Gasteiger partial charge on any atom is 0.244 e. The Balaban J connectivity index is 1.75. The van der Waals surface area contributed by atoms with Gasteiger partial charge in [0.2, 0.25) is 29.5 Å². The molecule has 3 atom stereocenters. The number of thiol groups is 1. The molecule has 0 aliphatic carbocycles. The van der Waals surface area contributed by atoms with Crippen LogP contribution in [0.2, 0.25) is 0 Å². The zero-order valence-electron chi connectivity index (χ0n) is 20.6. The van der Waals surface area contributed by atoms with Crippen molar-refractivity contribution < 1.29 is 29.1 Å². The number of hydrogen-bond acceptors (Lipinski definition) is 8. The van der Waals surface area contributed by atoms with Gasteiger partial charge >= 0.3 is 0 Å². The summed E-state index contributed by atoms with van der Waals surface area (Å²) in [6.07, 6.45) is 0.376. The molecule has 204 valence electrons. The van der Waals surface area contributed by atoms with Crippen LogP contribution in [0.15, 0.2) is 54.6 Å². The van der Waals surface area contributed by atoms with E-state index >= 15 is 0 Å². The van der Waals surface area contributed by atoms with E-state index < -0.39 is 60.8 Å². The van der Waals surface area contributed by atoms with Crippen LogP contribution in [0.1, 0.15) is 11.1 Å². The first-order valence-electron chi connectivity index (χ1n) is 11.7. The molecule has 2 aromatic carbocycles. The number of nitrogens with one attached hydrogen (secondary N) is 4. The second-order valence-electron chi connectivity index (χ2n) is 8.43. The first-order valence-corrected chi connectivity index (χ1v) is 12.3.